The van der Waals surface area contributed by atoms with E-state index in [1.165, 1.54) is 11.3 Å². The van der Waals surface area contributed by atoms with Crippen molar-refractivity contribution in [3.63, 3.8) is 0 Å². The van der Waals surface area contributed by atoms with Gasteiger partial charge in [-0.1, -0.05) is 19.1 Å². The molecule has 2 aromatic heterocycles. The second-order valence-electron chi connectivity index (χ2n) is 7.63. The van der Waals surface area contributed by atoms with Gasteiger partial charge >= 0.3 is 5.97 Å². The number of thiophene rings is 1. The Morgan fingerprint density at radius 1 is 1.26 bits per heavy atom. The zero-order chi connectivity index (χ0) is 22.0. The number of hydrogen-bond donors (Lipinski definition) is 1. The van der Waals surface area contributed by atoms with E-state index < -0.39 is 0 Å². The van der Waals surface area contributed by atoms with E-state index in [1.807, 2.05) is 38.1 Å². The Kier molecular flexibility index (Phi) is 6.27. The van der Waals surface area contributed by atoms with E-state index in [0.717, 1.165) is 28.0 Å². The Morgan fingerprint density at radius 2 is 2.00 bits per heavy atom. The number of para-hydroxylation sites is 2. The molecule has 0 spiro atoms. The van der Waals surface area contributed by atoms with Crippen LogP contribution in [0.3, 0.4) is 0 Å². The van der Waals surface area contributed by atoms with Crippen molar-refractivity contribution >= 4 is 45.3 Å². The minimum Gasteiger partial charge on any atom is -0.462 e. The van der Waals surface area contributed by atoms with Crippen molar-refractivity contribution in [3.05, 3.63) is 40.3 Å². The SMILES string of the molecule is CCOC(=O)c1c(NC(=O)C2CCN(c3nc4ccccc4o3)CC2)sc(C)c1CC. The molecule has 1 amide bonds. The van der Waals surface area contributed by atoms with Gasteiger partial charge in [0.05, 0.1) is 12.2 Å². The molecule has 1 N–H and O–H groups in total. The molecule has 1 aromatic carbocycles. The van der Waals surface area contributed by atoms with Gasteiger partial charge in [0.1, 0.15) is 10.5 Å². The van der Waals surface area contributed by atoms with Gasteiger partial charge < -0.3 is 19.4 Å². The molecule has 3 aromatic rings. The lowest BCUT2D eigenvalue weighted by Gasteiger charge is -2.30. The number of oxazole rings is 1. The van der Waals surface area contributed by atoms with E-state index in [-0.39, 0.29) is 17.8 Å². The molecule has 164 valence electrons. The highest BCUT2D eigenvalue weighted by Crippen LogP contribution is 2.35. The third-order valence-corrected chi connectivity index (χ3v) is 6.76. The van der Waals surface area contributed by atoms with Gasteiger partial charge in [0.25, 0.3) is 6.01 Å². The highest BCUT2D eigenvalue weighted by atomic mass is 32.1. The molecule has 4 rings (SSSR count). The van der Waals surface area contributed by atoms with Gasteiger partial charge in [-0.3, -0.25) is 4.79 Å². The number of hydrogen-bond acceptors (Lipinski definition) is 7. The van der Waals surface area contributed by atoms with Crippen LogP contribution in [0.4, 0.5) is 11.0 Å². The third kappa shape index (κ3) is 4.30. The Bertz CT molecular complexity index is 1060. The fourth-order valence-corrected chi connectivity index (χ4v) is 5.19. The van der Waals surface area contributed by atoms with Crippen molar-refractivity contribution in [2.24, 2.45) is 5.92 Å². The molecule has 0 radical (unpaired) electrons. The summed E-state index contributed by atoms with van der Waals surface area (Å²) in [5.74, 6) is -0.542. The number of carbonyl (C=O) groups excluding carboxylic acids is 2. The molecule has 0 unspecified atom stereocenters. The molecule has 1 fully saturated rings. The molecule has 0 atom stereocenters. The van der Waals surface area contributed by atoms with Crippen molar-refractivity contribution < 1.29 is 18.7 Å². The highest BCUT2D eigenvalue weighted by Gasteiger charge is 2.30. The summed E-state index contributed by atoms with van der Waals surface area (Å²) in [6, 6.07) is 8.30. The van der Waals surface area contributed by atoms with Crippen LogP contribution in [0.2, 0.25) is 0 Å². The number of aromatic nitrogens is 1. The summed E-state index contributed by atoms with van der Waals surface area (Å²) in [5, 5.41) is 3.61. The Balaban J connectivity index is 1.43. The van der Waals surface area contributed by atoms with Gasteiger partial charge in [-0.15, -0.1) is 11.3 Å². The van der Waals surface area contributed by atoms with Gasteiger partial charge in [-0.05, 0) is 50.8 Å². The number of anilines is 2. The summed E-state index contributed by atoms with van der Waals surface area (Å²) in [4.78, 5) is 33.1. The first kappa shape index (κ1) is 21.4. The van der Waals surface area contributed by atoms with E-state index >= 15 is 0 Å². The zero-order valence-corrected chi connectivity index (χ0v) is 18.9. The number of nitrogens with one attached hydrogen (secondary N) is 1. The van der Waals surface area contributed by atoms with Crippen LogP contribution in [-0.2, 0) is 16.0 Å². The molecule has 0 saturated carbocycles. The van der Waals surface area contributed by atoms with E-state index in [1.54, 1.807) is 6.92 Å². The van der Waals surface area contributed by atoms with Crippen molar-refractivity contribution in [1.29, 1.82) is 0 Å². The number of amides is 1. The summed E-state index contributed by atoms with van der Waals surface area (Å²) < 4.78 is 11.1. The predicted octanol–water partition coefficient (Wildman–Crippen LogP) is 4.79. The number of esters is 1. The lowest BCUT2D eigenvalue weighted by molar-refractivity contribution is -0.120. The van der Waals surface area contributed by atoms with Crippen LogP contribution >= 0.6 is 11.3 Å². The van der Waals surface area contributed by atoms with Crippen LogP contribution in [0.25, 0.3) is 11.1 Å². The minimum atomic E-state index is -0.371. The first-order valence-electron chi connectivity index (χ1n) is 10.7. The molecule has 31 heavy (non-hydrogen) atoms. The summed E-state index contributed by atoms with van der Waals surface area (Å²) in [6.45, 7) is 7.45. The molecular weight excluding hydrogens is 414 g/mol. The van der Waals surface area contributed by atoms with E-state index in [4.69, 9.17) is 9.15 Å². The quantitative estimate of drug-likeness (QED) is 0.554. The second-order valence-corrected chi connectivity index (χ2v) is 8.85. The molecule has 1 aliphatic rings. The monoisotopic (exact) mass is 441 g/mol. The smallest absolute Gasteiger partial charge is 0.341 e. The van der Waals surface area contributed by atoms with Crippen molar-refractivity contribution in [1.82, 2.24) is 4.98 Å². The number of carbonyl (C=O) groups is 2. The van der Waals surface area contributed by atoms with Crippen LogP contribution < -0.4 is 10.2 Å². The standard InChI is InChI=1S/C23H27N3O4S/c1-4-16-14(3)31-21(19(16)22(28)29-5-2)25-20(27)15-10-12-26(13-11-15)23-24-17-8-6-7-9-18(17)30-23/h6-9,15H,4-5,10-13H2,1-3H3,(H,25,27). The molecule has 8 heteroatoms. The average molecular weight is 442 g/mol. The maximum absolute atomic E-state index is 13.0. The normalized spacial score (nSPS) is 14.7. The largest absolute Gasteiger partial charge is 0.462 e. The summed E-state index contributed by atoms with van der Waals surface area (Å²) >= 11 is 1.44. The lowest BCUT2D eigenvalue weighted by atomic mass is 9.96. The molecule has 0 bridgehead atoms. The van der Waals surface area contributed by atoms with Crippen LogP contribution in [-0.4, -0.2) is 36.6 Å². The van der Waals surface area contributed by atoms with Crippen LogP contribution in [0.5, 0.6) is 0 Å². The van der Waals surface area contributed by atoms with E-state index in [9.17, 15) is 9.59 Å². The van der Waals surface area contributed by atoms with Gasteiger partial charge in [0.2, 0.25) is 5.91 Å². The number of ether oxygens (including phenoxy) is 1. The zero-order valence-electron chi connectivity index (χ0n) is 18.1. The topological polar surface area (TPSA) is 84.7 Å². The summed E-state index contributed by atoms with van der Waals surface area (Å²) in [6.07, 6.45) is 2.11. The van der Waals surface area contributed by atoms with Gasteiger partial charge in [0, 0.05) is 23.9 Å². The maximum Gasteiger partial charge on any atom is 0.341 e. The molecule has 3 heterocycles. The summed E-state index contributed by atoms with van der Waals surface area (Å²) in [7, 11) is 0. The van der Waals surface area contributed by atoms with E-state index in [0.29, 0.717) is 49.1 Å². The highest BCUT2D eigenvalue weighted by molar-refractivity contribution is 7.16. The molecular formula is C23H27N3O4S. The Morgan fingerprint density at radius 3 is 2.68 bits per heavy atom. The van der Waals surface area contributed by atoms with Gasteiger partial charge in [0.15, 0.2) is 5.58 Å². The minimum absolute atomic E-state index is 0.0494. The van der Waals surface area contributed by atoms with Crippen LogP contribution in [0.15, 0.2) is 28.7 Å². The molecule has 0 aliphatic carbocycles. The first-order valence-corrected chi connectivity index (χ1v) is 11.5. The van der Waals surface area contributed by atoms with Crippen LogP contribution in [0, 0.1) is 12.8 Å². The fourth-order valence-electron chi connectivity index (χ4n) is 4.05. The lowest BCUT2D eigenvalue weighted by Crippen LogP contribution is -2.38. The number of piperidine rings is 1. The first-order chi connectivity index (χ1) is 15.0. The van der Waals surface area contributed by atoms with Crippen molar-refractivity contribution in [2.75, 3.05) is 29.9 Å². The Labute approximate surface area is 185 Å². The van der Waals surface area contributed by atoms with Crippen molar-refractivity contribution in [3.8, 4) is 0 Å². The molecule has 1 aliphatic heterocycles. The number of rotatable bonds is 6. The predicted molar refractivity (Wildman–Crippen MR) is 122 cm³/mol. The Hall–Kier alpha value is -2.87. The molecule has 7 nitrogen and oxygen atoms in total. The fraction of sp³-hybridized carbons (Fsp3) is 0.435. The number of fused-ring (bicyclic) bond motifs is 1. The van der Waals surface area contributed by atoms with Crippen LogP contribution in [0.1, 0.15) is 47.5 Å². The molecule has 1 saturated heterocycles. The second kappa shape index (κ2) is 9.09. The number of nitrogens with zero attached hydrogens (tertiary/aromatic N) is 2. The maximum atomic E-state index is 13.0. The third-order valence-electron chi connectivity index (χ3n) is 5.70. The summed E-state index contributed by atoms with van der Waals surface area (Å²) in [5.41, 5.74) is 3.06. The van der Waals surface area contributed by atoms with Crippen molar-refractivity contribution in [2.45, 2.75) is 40.0 Å². The van der Waals surface area contributed by atoms with Gasteiger partial charge in [-0.25, -0.2) is 4.79 Å². The van der Waals surface area contributed by atoms with E-state index in [2.05, 4.69) is 15.2 Å². The number of benzene rings is 1. The number of aryl methyl sites for hydroxylation is 1. The van der Waals surface area contributed by atoms with Gasteiger partial charge in [-0.2, -0.15) is 4.98 Å². The average Bonchev–Trinajstić information content (AvgIpc) is 3.34.